The summed E-state index contributed by atoms with van der Waals surface area (Å²) < 4.78 is 5.12. The lowest BCUT2D eigenvalue weighted by Gasteiger charge is -2.01. The molecule has 1 heterocycles. The maximum atomic E-state index is 11.7. The van der Waals surface area contributed by atoms with Crippen molar-refractivity contribution in [3.8, 4) is 17.1 Å². The summed E-state index contributed by atoms with van der Waals surface area (Å²) in [5, 5.41) is 10.5. The highest BCUT2D eigenvalue weighted by Gasteiger charge is 2.21. The molecule has 2 aromatic rings. The van der Waals surface area contributed by atoms with Crippen LogP contribution in [0.4, 0.5) is 0 Å². The van der Waals surface area contributed by atoms with Gasteiger partial charge in [-0.05, 0) is 43.0 Å². The standard InChI is InChI=1S/C15H18N4O2S/c1-21-12-6-4-11(5-7-12)14-17-15(19-18-14)22-9-13(20)16-8-10-2-3-10/h4-7,10H,2-3,8-9H2,1H3,(H,16,20)(H,17,18,19). The van der Waals surface area contributed by atoms with Crippen LogP contribution < -0.4 is 10.1 Å². The lowest BCUT2D eigenvalue weighted by Crippen LogP contribution is -2.27. The molecular weight excluding hydrogens is 300 g/mol. The molecule has 0 bridgehead atoms. The fourth-order valence-electron chi connectivity index (χ4n) is 1.95. The maximum absolute atomic E-state index is 11.7. The smallest absolute Gasteiger partial charge is 0.230 e. The van der Waals surface area contributed by atoms with Crippen LogP contribution in [-0.2, 0) is 4.79 Å². The average Bonchev–Trinajstić information content (AvgIpc) is 3.27. The van der Waals surface area contributed by atoms with Gasteiger partial charge >= 0.3 is 0 Å². The molecule has 1 amide bonds. The van der Waals surface area contributed by atoms with Crippen LogP contribution in [0.3, 0.4) is 0 Å². The number of nitrogens with one attached hydrogen (secondary N) is 2. The Labute approximate surface area is 133 Å². The molecule has 3 rings (SSSR count). The minimum absolute atomic E-state index is 0.0349. The van der Waals surface area contributed by atoms with Gasteiger partial charge in [0.1, 0.15) is 5.75 Å². The molecule has 0 unspecified atom stereocenters. The van der Waals surface area contributed by atoms with Crippen molar-refractivity contribution in [1.82, 2.24) is 20.5 Å². The first kappa shape index (κ1) is 14.9. The van der Waals surface area contributed by atoms with E-state index in [-0.39, 0.29) is 5.91 Å². The Morgan fingerprint density at radius 3 is 2.86 bits per heavy atom. The van der Waals surface area contributed by atoms with Crippen molar-refractivity contribution in [3.05, 3.63) is 24.3 Å². The molecule has 1 aliphatic carbocycles. The van der Waals surface area contributed by atoms with Crippen molar-refractivity contribution in [1.29, 1.82) is 0 Å². The van der Waals surface area contributed by atoms with Gasteiger partial charge in [-0.2, -0.15) is 0 Å². The Hall–Kier alpha value is -2.02. The largest absolute Gasteiger partial charge is 0.497 e. The number of methoxy groups -OCH3 is 1. The van der Waals surface area contributed by atoms with Crippen molar-refractivity contribution in [2.45, 2.75) is 18.0 Å². The molecule has 1 aromatic heterocycles. The number of rotatable bonds is 7. The molecule has 1 saturated carbocycles. The van der Waals surface area contributed by atoms with Crippen LogP contribution in [-0.4, -0.2) is 40.5 Å². The lowest BCUT2D eigenvalue weighted by molar-refractivity contribution is -0.118. The van der Waals surface area contributed by atoms with Gasteiger partial charge in [0.25, 0.3) is 0 Å². The second-order valence-electron chi connectivity index (χ2n) is 5.23. The predicted octanol–water partition coefficient (Wildman–Crippen LogP) is 2.10. The van der Waals surface area contributed by atoms with Gasteiger partial charge < -0.3 is 10.1 Å². The summed E-state index contributed by atoms with van der Waals surface area (Å²) in [5.74, 6) is 2.55. The summed E-state index contributed by atoms with van der Waals surface area (Å²) in [5.41, 5.74) is 0.929. The average molecular weight is 318 g/mol. The summed E-state index contributed by atoms with van der Waals surface area (Å²) in [6.07, 6.45) is 2.47. The van der Waals surface area contributed by atoms with Crippen LogP contribution in [0.5, 0.6) is 5.75 Å². The van der Waals surface area contributed by atoms with Crippen LogP contribution in [0, 0.1) is 5.92 Å². The van der Waals surface area contributed by atoms with Crippen molar-refractivity contribution in [2.75, 3.05) is 19.4 Å². The van der Waals surface area contributed by atoms with E-state index in [4.69, 9.17) is 4.74 Å². The Bertz CT molecular complexity index is 637. The van der Waals surface area contributed by atoms with E-state index in [0.29, 0.717) is 22.7 Å². The first-order valence-electron chi connectivity index (χ1n) is 7.21. The number of aromatic amines is 1. The third-order valence-electron chi connectivity index (χ3n) is 3.45. The Morgan fingerprint density at radius 1 is 1.41 bits per heavy atom. The van der Waals surface area contributed by atoms with Gasteiger partial charge in [-0.15, -0.1) is 5.10 Å². The van der Waals surface area contributed by atoms with Crippen LogP contribution in [0.1, 0.15) is 12.8 Å². The first-order valence-corrected chi connectivity index (χ1v) is 8.19. The van der Waals surface area contributed by atoms with Crippen LogP contribution in [0.25, 0.3) is 11.4 Å². The lowest BCUT2D eigenvalue weighted by atomic mass is 10.2. The number of carbonyl (C=O) groups excluding carboxylic acids is 1. The third-order valence-corrected chi connectivity index (χ3v) is 4.29. The number of amides is 1. The molecule has 116 valence electrons. The van der Waals surface area contributed by atoms with E-state index in [2.05, 4.69) is 20.5 Å². The van der Waals surface area contributed by atoms with Gasteiger partial charge in [0, 0.05) is 12.1 Å². The molecule has 2 N–H and O–H groups in total. The number of aromatic nitrogens is 3. The highest BCUT2D eigenvalue weighted by molar-refractivity contribution is 7.99. The van der Waals surface area contributed by atoms with Crippen LogP contribution in [0.2, 0.25) is 0 Å². The maximum Gasteiger partial charge on any atom is 0.230 e. The molecule has 0 atom stereocenters. The van der Waals surface area contributed by atoms with E-state index in [1.165, 1.54) is 24.6 Å². The van der Waals surface area contributed by atoms with Crippen LogP contribution in [0.15, 0.2) is 29.4 Å². The van der Waals surface area contributed by atoms with E-state index < -0.39 is 0 Å². The number of carbonyl (C=O) groups is 1. The minimum atomic E-state index is 0.0349. The summed E-state index contributed by atoms with van der Waals surface area (Å²) in [6, 6.07) is 7.57. The number of benzene rings is 1. The SMILES string of the molecule is COc1ccc(-c2nc(SCC(=O)NCC3CC3)n[nH]2)cc1. The molecule has 0 spiro atoms. The second kappa shape index (κ2) is 6.83. The quantitative estimate of drug-likeness (QED) is 0.764. The van der Waals surface area contributed by atoms with Gasteiger partial charge in [0.15, 0.2) is 5.82 Å². The minimum Gasteiger partial charge on any atom is -0.497 e. The number of ether oxygens (including phenoxy) is 1. The Kier molecular flexibility index (Phi) is 4.62. The van der Waals surface area contributed by atoms with Gasteiger partial charge in [0.2, 0.25) is 11.1 Å². The van der Waals surface area contributed by atoms with Gasteiger partial charge in [-0.1, -0.05) is 11.8 Å². The van der Waals surface area contributed by atoms with E-state index in [1.54, 1.807) is 7.11 Å². The molecule has 22 heavy (non-hydrogen) atoms. The number of H-pyrrole nitrogens is 1. The van der Waals surface area contributed by atoms with Crippen molar-refractivity contribution < 1.29 is 9.53 Å². The second-order valence-corrected chi connectivity index (χ2v) is 6.17. The molecule has 0 radical (unpaired) electrons. The molecule has 6 nitrogen and oxygen atoms in total. The van der Waals surface area contributed by atoms with Gasteiger partial charge in [-0.3, -0.25) is 9.89 Å². The molecule has 7 heteroatoms. The van der Waals surface area contributed by atoms with Crippen molar-refractivity contribution >= 4 is 17.7 Å². The monoisotopic (exact) mass is 318 g/mol. The highest BCUT2D eigenvalue weighted by atomic mass is 32.2. The van der Waals surface area contributed by atoms with E-state index >= 15 is 0 Å². The van der Waals surface area contributed by atoms with Crippen LogP contribution >= 0.6 is 11.8 Å². The zero-order valence-electron chi connectivity index (χ0n) is 12.3. The number of hydrogen-bond donors (Lipinski definition) is 2. The third kappa shape index (κ3) is 4.00. The highest BCUT2D eigenvalue weighted by Crippen LogP contribution is 2.27. The van der Waals surface area contributed by atoms with Crippen molar-refractivity contribution in [2.24, 2.45) is 5.92 Å². The fraction of sp³-hybridized carbons (Fsp3) is 0.400. The molecule has 1 aliphatic rings. The molecular formula is C15H18N4O2S. The molecule has 0 saturated heterocycles. The molecule has 1 aromatic carbocycles. The zero-order chi connectivity index (χ0) is 15.4. The van der Waals surface area contributed by atoms with E-state index in [0.717, 1.165) is 17.9 Å². The topological polar surface area (TPSA) is 79.9 Å². The summed E-state index contributed by atoms with van der Waals surface area (Å²) >= 11 is 1.33. The first-order chi connectivity index (χ1) is 10.7. The van der Waals surface area contributed by atoms with E-state index in [1.807, 2.05) is 24.3 Å². The number of thioether (sulfide) groups is 1. The molecule has 0 aliphatic heterocycles. The number of hydrogen-bond acceptors (Lipinski definition) is 5. The fourth-order valence-corrected chi connectivity index (χ4v) is 2.58. The normalized spacial score (nSPS) is 13.9. The van der Waals surface area contributed by atoms with E-state index in [9.17, 15) is 4.79 Å². The summed E-state index contributed by atoms with van der Waals surface area (Å²) in [6.45, 7) is 0.796. The summed E-state index contributed by atoms with van der Waals surface area (Å²) in [4.78, 5) is 16.1. The predicted molar refractivity (Wildman–Crippen MR) is 84.8 cm³/mol. The van der Waals surface area contributed by atoms with Crippen molar-refractivity contribution in [3.63, 3.8) is 0 Å². The Morgan fingerprint density at radius 2 is 2.18 bits per heavy atom. The molecule has 1 fully saturated rings. The Balaban J connectivity index is 1.52. The zero-order valence-corrected chi connectivity index (χ0v) is 13.2. The van der Waals surface area contributed by atoms with Gasteiger partial charge in [0.05, 0.1) is 12.9 Å². The number of nitrogens with zero attached hydrogens (tertiary/aromatic N) is 2. The van der Waals surface area contributed by atoms with Gasteiger partial charge in [-0.25, -0.2) is 4.98 Å². The summed E-state index contributed by atoms with van der Waals surface area (Å²) in [7, 11) is 1.63.